The summed E-state index contributed by atoms with van der Waals surface area (Å²) in [7, 11) is 8.69. The molecule has 25 nitrogen and oxygen atoms in total. The average Bonchev–Trinajstić information content (AvgIpc) is 0.805. The van der Waals surface area contributed by atoms with Crippen molar-refractivity contribution < 1.29 is 67.3 Å². The van der Waals surface area contributed by atoms with E-state index in [2.05, 4.69) is 15.5 Å². The summed E-state index contributed by atoms with van der Waals surface area (Å²) < 4.78 is 11.9. The number of amides is 9. The lowest BCUT2D eigenvalue weighted by atomic mass is 9.85. The van der Waals surface area contributed by atoms with Crippen LogP contribution in [0, 0.1) is 47.3 Å². The van der Waals surface area contributed by atoms with Crippen LogP contribution in [-0.4, -0.2) is 270 Å². The highest BCUT2D eigenvalue weighted by Crippen LogP contribution is 2.29. The fourth-order valence-electron chi connectivity index (χ4n) is 13.6. The highest BCUT2D eigenvalue weighted by atomic mass is 16.5. The number of aliphatic hydroxyl groups excluding tert-OH is 1. The molecule has 0 saturated carbocycles. The summed E-state index contributed by atoms with van der Waals surface area (Å²) in [5.74, 6) is -10.7. The van der Waals surface area contributed by atoms with Crippen LogP contribution in [0.4, 0.5) is 0 Å². The molecule has 2 aliphatic rings. The van der Waals surface area contributed by atoms with Gasteiger partial charge in [0.15, 0.2) is 11.6 Å². The number of likely N-dealkylation sites (N-methyl/N-ethyl adjacent to an activating group) is 7. The molecule has 2 fully saturated rings. The number of carbonyl (C=O) groups is 11. The molecule has 0 unspecified atom stereocenters. The normalized spacial score (nSPS) is 27.2. The quantitative estimate of drug-likeness (QED) is 0.0897. The second-order valence-corrected chi connectivity index (χ2v) is 30.1. The Bertz CT molecular complexity index is 2580. The lowest BCUT2D eigenvalue weighted by molar-refractivity contribution is -0.158. The number of Topliss-reactive ketones (excluding diaryl/α,β-unsaturated/α-hetero) is 2. The number of nitrogens with zero attached hydrogens (tertiary/aromatic N) is 8. The third kappa shape index (κ3) is 25.5. The first-order valence-corrected chi connectivity index (χ1v) is 36.6. The van der Waals surface area contributed by atoms with Crippen LogP contribution in [0.1, 0.15) is 195 Å². The van der Waals surface area contributed by atoms with Gasteiger partial charge in [0.05, 0.1) is 31.5 Å². The van der Waals surface area contributed by atoms with E-state index in [0.717, 1.165) is 43.8 Å². The first kappa shape index (κ1) is 88.5. The monoisotopic (exact) mass is 1390 g/mol. The molecule has 2 aliphatic heterocycles. The van der Waals surface area contributed by atoms with Gasteiger partial charge in [0.1, 0.15) is 48.3 Å². The molecule has 2 heterocycles. The highest BCUT2D eigenvalue weighted by molar-refractivity contribution is 6.00. The van der Waals surface area contributed by atoms with Crippen LogP contribution in [0.25, 0.3) is 0 Å². The Balaban J connectivity index is 3.04. The number of nitrogens with one attached hydrogen (secondary N) is 2. The van der Waals surface area contributed by atoms with E-state index in [1.165, 1.54) is 85.5 Å². The smallest absolute Gasteiger partial charge is 0.246 e. The second-order valence-electron chi connectivity index (χ2n) is 30.1. The summed E-state index contributed by atoms with van der Waals surface area (Å²) in [4.78, 5) is 176. The van der Waals surface area contributed by atoms with Crippen molar-refractivity contribution in [1.82, 2.24) is 49.8 Å². The zero-order valence-electron chi connectivity index (χ0n) is 64.5. The number of hydrogen-bond donors (Lipinski definition) is 4. The van der Waals surface area contributed by atoms with E-state index in [-0.39, 0.29) is 69.4 Å². The topological polar surface area (TPSA) is 302 Å². The van der Waals surface area contributed by atoms with Gasteiger partial charge in [-0.3, -0.25) is 57.6 Å². The Labute approximate surface area is 588 Å². The first-order chi connectivity index (χ1) is 45.7. The molecule has 0 aromatic heterocycles. The average molecular weight is 1390 g/mol. The first-order valence-electron chi connectivity index (χ1n) is 36.6. The van der Waals surface area contributed by atoms with E-state index in [4.69, 9.17) is 15.2 Å². The van der Waals surface area contributed by atoms with Gasteiger partial charge in [0.25, 0.3) is 0 Å². The van der Waals surface area contributed by atoms with Gasteiger partial charge in [-0.05, 0) is 128 Å². The van der Waals surface area contributed by atoms with E-state index in [9.17, 15) is 24.3 Å². The van der Waals surface area contributed by atoms with Crippen LogP contribution in [0.3, 0.4) is 0 Å². The molecule has 0 aromatic carbocycles. The molecule has 25 heteroatoms. The predicted molar refractivity (Wildman–Crippen MR) is 381 cm³/mol. The van der Waals surface area contributed by atoms with E-state index >= 15 is 33.6 Å². The number of hydrogen-bond acceptors (Lipinski definition) is 16. The molecule has 0 aromatic rings. The summed E-state index contributed by atoms with van der Waals surface area (Å²) in [6.45, 7) is 34.4. The van der Waals surface area contributed by atoms with Crippen molar-refractivity contribution in [2.75, 3.05) is 94.8 Å². The molecule has 5 N–H and O–H groups in total. The maximum atomic E-state index is 15.4. The molecular weight excluding hydrogens is 1250 g/mol. The van der Waals surface area contributed by atoms with Gasteiger partial charge in [-0.15, -0.1) is 0 Å². The van der Waals surface area contributed by atoms with Crippen molar-refractivity contribution in [2.24, 2.45) is 53.1 Å². The van der Waals surface area contributed by atoms with Crippen LogP contribution < -0.4 is 16.4 Å². The van der Waals surface area contributed by atoms with Gasteiger partial charge in [-0.1, -0.05) is 103 Å². The maximum Gasteiger partial charge on any atom is 0.246 e. The van der Waals surface area contributed by atoms with Crippen LogP contribution in [-0.2, 0) is 62.2 Å². The third-order valence-corrected chi connectivity index (χ3v) is 20.0. The lowest BCUT2D eigenvalue weighted by Gasteiger charge is -2.42. The van der Waals surface area contributed by atoms with Crippen LogP contribution in [0.15, 0.2) is 0 Å². The standard InChI is InChI=1S/C73H133N11O14/c1-24-55-70(93)77(18)52(16)68(91)81(22)62(53(17)98-36-30-29-33-83-34-37-97-38-35-83)60(86)43-54(47(9)10)69(92)78(19)56(39-44(3)4)59(85)42-50(14)65(88)75-51(15)67(90)79(20)57(40-45(5)6)72(95)84(25-2)58(41-46(7)8)71(94)80(21)61(48(11)12)73(96)82(23)63(66(89)76-55)64(87)49(13)31-27-26-28-32-74/h44-58,61-64,87H,24-43,74H2,1-23H3,(H,75,88)(H,76,89)/t49-,50-,51-,52-,53-,54+,55+,56+,57+,58+,61+,62+,63+,64-/m1/s1. The number of ketones is 2. The van der Waals surface area contributed by atoms with E-state index in [1.807, 2.05) is 41.5 Å². The SMILES string of the molecule is CC[C@@H]1NC(=O)[C@H]([C@H](O)[C@H](C)CCCCCN)N(C)C(=O)[C@H](C(C)C)N(C)C(=O)[C@H](CC(C)C)N(CC)C(=O)[C@H](CC(C)C)N(C)C(=O)[C@@H](C)NC(=O)[C@H](C)CC(=O)[C@H](CC(C)C)N(C)C(=O)[C@H](C(C)C)CC(=O)[C@H]([C@@H](C)OCCCCN2CCOCC2)N(C)C(=O)[C@@H](C)N(C)C1=O. The lowest BCUT2D eigenvalue weighted by Crippen LogP contribution is -2.64. The van der Waals surface area contributed by atoms with Gasteiger partial charge in [0, 0.05) is 93.2 Å². The highest BCUT2D eigenvalue weighted by Gasteiger charge is 2.47. The molecule has 564 valence electrons. The summed E-state index contributed by atoms with van der Waals surface area (Å²) >= 11 is 0. The van der Waals surface area contributed by atoms with Gasteiger partial charge in [-0.2, -0.15) is 0 Å². The molecule has 0 bridgehead atoms. The molecule has 14 atom stereocenters. The Morgan fingerprint density at radius 2 is 1.07 bits per heavy atom. The minimum absolute atomic E-state index is 0.00574. The number of aliphatic hydroxyl groups is 1. The summed E-state index contributed by atoms with van der Waals surface area (Å²) in [6, 6.07) is -11.2. The number of carbonyl (C=O) groups excluding carboxylic acids is 11. The predicted octanol–water partition coefficient (Wildman–Crippen LogP) is 5.25. The third-order valence-electron chi connectivity index (χ3n) is 20.0. The van der Waals surface area contributed by atoms with Crippen LogP contribution in [0.5, 0.6) is 0 Å². The van der Waals surface area contributed by atoms with Gasteiger partial charge in [-0.25, -0.2) is 0 Å². The Kier molecular flexibility index (Phi) is 38.4. The molecule has 0 radical (unpaired) electrons. The fourth-order valence-corrected chi connectivity index (χ4v) is 13.6. The molecule has 0 spiro atoms. The largest absolute Gasteiger partial charge is 0.390 e. The minimum Gasteiger partial charge on any atom is -0.390 e. The van der Waals surface area contributed by atoms with Gasteiger partial charge in [0.2, 0.25) is 53.2 Å². The van der Waals surface area contributed by atoms with Gasteiger partial charge >= 0.3 is 0 Å². The molecule has 9 amide bonds. The molecule has 2 rings (SSSR count). The molecule has 0 aliphatic carbocycles. The maximum absolute atomic E-state index is 15.4. The Morgan fingerprint density at radius 3 is 1.60 bits per heavy atom. The Hall–Kier alpha value is -5.63. The van der Waals surface area contributed by atoms with Crippen molar-refractivity contribution in [2.45, 2.75) is 261 Å². The molecule has 98 heavy (non-hydrogen) atoms. The zero-order valence-corrected chi connectivity index (χ0v) is 64.5. The number of nitrogens with two attached hydrogens (primary N) is 1. The fraction of sp³-hybridized carbons (Fsp3) is 0.849. The molecular formula is C73H133N11O14. The van der Waals surface area contributed by atoms with Crippen molar-refractivity contribution in [3.8, 4) is 0 Å². The Morgan fingerprint density at radius 1 is 0.531 bits per heavy atom. The van der Waals surface area contributed by atoms with Crippen molar-refractivity contribution >= 4 is 64.7 Å². The zero-order chi connectivity index (χ0) is 74.9. The van der Waals surface area contributed by atoms with Crippen molar-refractivity contribution in [3.05, 3.63) is 0 Å². The second kappa shape index (κ2) is 42.6. The van der Waals surface area contributed by atoms with Crippen molar-refractivity contribution in [1.29, 1.82) is 0 Å². The van der Waals surface area contributed by atoms with E-state index in [1.54, 1.807) is 62.3 Å². The number of ether oxygens (including phenoxy) is 2. The summed E-state index contributed by atoms with van der Waals surface area (Å²) in [5.41, 5.74) is 5.82. The van der Waals surface area contributed by atoms with Crippen LogP contribution >= 0.6 is 0 Å². The summed E-state index contributed by atoms with van der Waals surface area (Å²) in [6.07, 6.45) is 1.48. The summed E-state index contributed by atoms with van der Waals surface area (Å²) in [5, 5.41) is 18.0. The van der Waals surface area contributed by atoms with Crippen molar-refractivity contribution in [3.63, 3.8) is 0 Å². The minimum atomic E-state index is -1.62. The van der Waals surface area contributed by atoms with Gasteiger partial charge < -0.3 is 65.2 Å². The number of unbranched alkanes of at least 4 members (excludes halogenated alkanes) is 3. The number of morpholine rings is 1. The van der Waals surface area contributed by atoms with Crippen LogP contribution in [0.2, 0.25) is 0 Å². The number of rotatable bonds is 24. The molecule has 2 saturated heterocycles. The van der Waals surface area contributed by atoms with E-state index < -0.39 is 161 Å². The van der Waals surface area contributed by atoms with E-state index in [0.29, 0.717) is 39.0 Å².